The Balaban J connectivity index is 2.03. The van der Waals surface area contributed by atoms with Gasteiger partial charge in [0.1, 0.15) is 0 Å². The van der Waals surface area contributed by atoms with Gasteiger partial charge < -0.3 is 5.73 Å². The summed E-state index contributed by atoms with van der Waals surface area (Å²) >= 11 is 0. The van der Waals surface area contributed by atoms with Gasteiger partial charge in [-0.15, -0.1) is 0 Å². The Morgan fingerprint density at radius 1 is 1.24 bits per heavy atom. The fraction of sp³-hybridized carbons (Fsp3) is 0.600. The van der Waals surface area contributed by atoms with Crippen LogP contribution in [0.15, 0.2) is 30.3 Å². The van der Waals surface area contributed by atoms with Gasteiger partial charge in [-0.05, 0) is 30.9 Å². The monoisotopic (exact) mass is 232 g/mol. The Bertz CT molecular complexity index is 358. The zero-order valence-electron chi connectivity index (χ0n) is 11.2. The molecular weight excluding hydrogens is 208 g/mol. The second-order valence-electron chi connectivity index (χ2n) is 6.06. The molecule has 2 atom stereocenters. The average molecular weight is 232 g/mol. The van der Waals surface area contributed by atoms with Gasteiger partial charge in [-0.2, -0.15) is 0 Å². The minimum absolute atomic E-state index is 0.116. The van der Waals surface area contributed by atoms with Gasteiger partial charge in [0.2, 0.25) is 0 Å². The smallest absolute Gasteiger partial charge is 0.0450 e. The van der Waals surface area contributed by atoms with E-state index >= 15 is 0 Å². The Kier molecular flexibility index (Phi) is 3.55. The van der Waals surface area contributed by atoms with E-state index in [4.69, 9.17) is 5.73 Å². The maximum Gasteiger partial charge on any atom is 0.0450 e. The Hall–Kier alpha value is -0.860. The van der Waals surface area contributed by atoms with Crippen molar-refractivity contribution < 1.29 is 0 Å². The maximum absolute atomic E-state index is 6.37. The van der Waals surface area contributed by atoms with Gasteiger partial charge in [0.05, 0.1) is 0 Å². The van der Waals surface area contributed by atoms with Gasteiger partial charge in [0, 0.05) is 18.6 Å². The van der Waals surface area contributed by atoms with E-state index in [1.807, 2.05) is 6.07 Å². The summed E-state index contributed by atoms with van der Waals surface area (Å²) in [5.41, 5.74) is 8.05. The van der Waals surface area contributed by atoms with Crippen molar-refractivity contribution in [3.8, 4) is 0 Å². The Morgan fingerprint density at radius 3 is 2.41 bits per heavy atom. The molecule has 2 N–H and O–H groups in total. The molecule has 1 fully saturated rings. The Morgan fingerprint density at radius 2 is 1.88 bits per heavy atom. The minimum Gasteiger partial charge on any atom is -0.323 e. The van der Waals surface area contributed by atoms with Crippen molar-refractivity contribution in [2.45, 2.75) is 39.3 Å². The minimum atomic E-state index is 0.116. The number of nitrogens with zero attached hydrogens (tertiary/aromatic N) is 1. The standard InChI is InChI=1S/C15H24N2/c1-12(17-10-9-15(2,3)11-17)14(16)13-7-5-4-6-8-13/h4-8,12,14H,9-11,16H2,1-3H3. The molecule has 1 aromatic carbocycles. The first-order valence-electron chi connectivity index (χ1n) is 6.54. The summed E-state index contributed by atoms with van der Waals surface area (Å²) in [6.07, 6.45) is 1.28. The molecule has 17 heavy (non-hydrogen) atoms. The molecule has 1 heterocycles. The van der Waals surface area contributed by atoms with E-state index in [-0.39, 0.29) is 6.04 Å². The number of hydrogen-bond donors (Lipinski definition) is 1. The summed E-state index contributed by atoms with van der Waals surface area (Å²) < 4.78 is 0. The third kappa shape index (κ3) is 2.88. The Labute approximate surface area is 105 Å². The van der Waals surface area contributed by atoms with Crippen LogP contribution in [0, 0.1) is 5.41 Å². The van der Waals surface area contributed by atoms with Crippen LogP contribution in [0.4, 0.5) is 0 Å². The highest BCUT2D eigenvalue weighted by Gasteiger charge is 2.33. The zero-order chi connectivity index (χ0) is 12.5. The maximum atomic E-state index is 6.37. The number of hydrogen-bond acceptors (Lipinski definition) is 2. The molecule has 0 radical (unpaired) electrons. The van der Waals surface area contributed by atoms with Gasteiger partial charge >= 0.3 is 0 Å². The average Bonchev–Trinajstić information content (AvgIpc) is 2.69. The highest BCUT2D eigenvalue weighted by molar-refractivity contribution is 5.20. The number of benzene rings is 1. The molecule has 0 aliphatic carbocycles. The van der Waals surface area contributed by atoms with E-state index in [0.717, 1.165) is 6.54 Å². The molecule has 1 saturated heterocycles. The molecule has 2 nitrogen and oxygen atoms in total. The van der Waals surface area contributed by atoms with Crippen LogP contribution in [-0.4, -0.2) is 24.0 Å². The molecule has 0 spiro atoms. The predicted molar refractivity (Wildman–Crippen MR) is 72.8 cm³/mol. The van der Waals surface area contributed by atoms with E-state index in [1.54, 1.807) is 0 Å². The zero-order valence-corrected chi connectivity index (χ0v) is 11.2. The lowest BCUT2D eigenvalue weighted by Gasteiger charge is -2.30. The van der Waals surface area contributed by atoms with Crippen LogP contribution in [0.5, 0.6) is 0 Å². The van der Waals surface area contributed by atoms with Crippen LogP contribution in [0.1, 0.15) is 38.8 Å². The van der Waals surface area contributed by atoms with Gasteiger partial charge in [-0.25, -0.2) is 0 Å². The van der Waals surface area contributed by atoms with Crippen molar-refractivity contribution >= 4 is 0 Å². The van der Waals surface area contributed by atoms with Crippen molar-refractivity contribution in [1.29, 1.82) is 0 Å². The summed E-state index contributed by atoms with van der Waals surface area (Å²) in [7, 11) is 0. The largest absolute Gasteiger partial charge is 0.323 e. The van der Waals surface area contributed by atoms with Crippen molar-refractivity contribution in [3.63, 3.8) is 0 Å². The molecule has 0 amide bonds. The molecule has 0 aromatic heterocycles. The van der Waals surface area contributed by atoms with Gasteiger partial charge in [-0.3, -0.25) is 4.90 Å². The SMILES string of the molecule is CC(C(N)c1ccccc1)N1CCC(C)(C)C1. The van der Waals surface area contributed by atoms with Gasteiger partial charge in [0.25, 0.3) is 0 Å². The highest BCUT2D eigenvalue weighted by atomic mass is 15.2. The summed E-state index contributed by atoms with van der Waals surface area (Å²) in [6.45, 7) is 9.27. The normalized spacial score (nSPS) is 23.5. The fourth-order valence-electron chi connectivity index (χ4n) is 2.68. The lowest BCUT2D eigenvalue weighted by molar-refractivity contribution is 0.204. The first kappa shape index (κ1) is 12.6. The van der Waals surface area contributed by atoms with E-state index in [1.165, 1.54) is 18.5 Å². The molecule has 0 saturated carbocycles. The van der Waals surface area contributed by atoms with Crippen molar-refractivity contribution in [2.24, 2.45) is 11.1 Å². The predicted octanol–water partition coefficient (Wildman–Crippen LogP) is 2.81. The van der Waals surface area contributed by atoms with E-state index in [2.05, 4.69) is 49.9 Å². The molecule has 94 valence electrons. The van der Waals surface area contributed by atoms with Crippen molar-refractivity contribution in [2.75, 3.05) is 13.1 Å². The first-order chi connectivity index (χ1) is 7.99. The third-order valence-corrected chi connectivity index (χ3v) is 3.99. The quantitative estimate of drug-likeness (QED) is 0.868. The molecule has 2 unspecified atom stereocenters. The first-order valence-corrected chi connectivity index (χ1v) is 6.54. The van der Waals surface area contributed by atoms with Gasteiger partial charge in [-0.1, -0.05) is 44.2 Å². The molecule has 1 aliphatic heterocycles. The lowest BCUT2D eigenvalue weighted by atomic mass is 9.93. The lowest BCUT2D eigenvalue weighted by Crippen LogP contribution is -2.40. The topological polar surface area (TPSA) is 29.3 Å². The van der Waals surface area contributed by atoms with E-state index in [0.29, 0.717) is 11.5 Å². The van der Waals surface area contributed by atoms with Crippen LogP contribution in [0.2, 0.25) is 0 Å². The molecule has 2 heteroatoms. The van der Waals surface area contributed by atoms with Crippen LogP contribution in [0.25, 0.3) is 0 Å². The van der Waals surface area contributed by atoms with E-state index in [9.17, 15) is 0 Å². The summed E-state index contributed by atoms with van der Waals surface area (Å²) in [5, 5.41) is 0. The third-order valence-electron chi connectivity index (χ3n) is 3.99. The highest BCUT2D eigenvalue weighted by Crippen LogP contribution is 2.32. The summed E-state index contributed by atoms with van der Waals surface area (Å²) in [6, 6.07) is 11.0. The van der Waals surface area contributed by atoms with Crippen LogP contribution >= 0.6 is 0 Å². The molecule has 2 rings (SSSR count). The summed E-state index contributed by atoms with van der Waals surface area (Å²) in [5.74, 6) is 0. The fourth-order valence-corrected chi connectivity index (χ4v) is 2.68. The molecule has 0 bridgehead atoms. The van der Waals surface area contributed by atoms with Crippen LogP contribution < -0.4 is 5.73 Å². The second-order valence-corrected chi connectivity index (χ2v) is 6.06. The molecule has 1 aliphatic rings. The number of rotatable bonds is 3. The second kappa shape index (κ2) is 4.79. The molecule has 1 aromatic rings. The van der Waals surface area contributed by atoms with Crippen molar-refractivity contribution in [1.82, 2.24) is 4.90 Å². The summed E-state index contributed by atoms with van der Waals surface area (Å²) in [4.78, 5) is 2.53. The van der Waals surface area contributed by atoms with Crippen LogP contribution in [0.3, 0.4) is 0 Å². The van der Waals surface area contributed by atoms with Crippen molar-refractivity contribution in [3.05, 3.63) is 35.9 Å². The van der Waals surface area contributed by atoms with Crippen LogP contribution in [-0.2, 0) is 0 Å². The molecular formula is C15H24N2. The number of likely N-dealkylation sites (tertiary alicyclic amines) is 1. The van der Waals surface area contributed by atoms with E-state index < -0.39 is 0 Å². The van der Waals surface area contributed by atoms with Gasteiger partial charge in [0.15, 0.2) is 0 Å². The number of nitrogens with two attached hydrogens (primary N) is 1.